The van der Waals surface area contributed by atoms with E-state index in [0.717, 1.165) is 6.07 Å². The van der Waals surface area contributed by atoms with E-state index in [0.29, 0.717) is 6.61 Å². The van der Waals surface area contributed by atoms with Crippen LogP contribution in [0, 0.1) is 5.82 Å². The lowest BCUT2D eigenvalue weighted by Gasteiger charge is -2.10. The van der Waals surface area contributed by atoms with Crippen LogP contribution in [-0.2, 0) is 4.74 Å². The zero-order chi connectivity index (χ0) is 9.84. The van der Waals surface area contributed by atoms with Crippen LogP contribution in [0.15, 0.2) is 18.2 Å². The summed E-state index contributed by atoms with van der Waals surface area (Å²) in [7, 11) is 0. The fraction of sp³-hybridized carbons (Fsp3) is 0.333. The standard InChI is InChI=1S/C9H11FO3/c1-2-13-9(12)6-3-4-8(11)7(10)5-6/h3-5,9,11-12H,2H2,1H3. The number of rotatable bonds is 3. The first-order valence-electron chi connectivity index (χ1n) is 3.93. The number of phenolic OH excluding ortho intramolecular Hbond substituents is 1. The van der Waals surface area contributed by atoms with Crippen LogP contribution in [0.1, 0.15) is 18.8 Å². The Balaban J connectivity index is 2.84. The molecule has 0 fully saturated rings. The van der Waals surface area contributed by atoms with E-state index in [2.05, 4.69) is 0 Å². The molecule has 0 saturated heterocycles. The average molecular weight is 186 g/mol. The quantitative estimate of drug-likeness (QED) is 0.704. The van der Waals surface area contributed by atoms with E-state index >= 15 is 0 Å². The molecule has 0 aliphatic carbocycles. The molecule has 3 nitrogen and oxygen atoms in total. The Morgan fingerprint density at radius 1 is 1.54 bits per heavy atom. The van der Waals surface area contributed by atoms with Gasteiger partial charge in [0.1, 0.15) is 0 Å². The molecular formula is C9H11FO3. The summed E-state index contributed by atoms with van der Waals surface area (Å²) in [6, 6.07) is 3.61. The molecule has 1 unspecified atom stereocenters. The summed E-state index contributed by atoms with van der Waals surface area (Å²) >= 11 is 0. The van der Waals surface area contributed by atoms with E-state index < -0.39 is 17.9 Å². The Kier molecular flexibility index (Phi) is 3.22. The fourth-order valence-corrected chi connectivity index (χ4v) is 0.931. The Morgan fingerprint density at radius 2 is 2.23 bits per heavy atom. The van der Waals surface area contributed by atoms with Crippen molar-refractivity contribution in [3.8, 4) is 5.75 Å². The largest absolute Gasteiger partial charge is 0.505 e. The summed E-state index contributed by atoms with van der Waals surface area (Å²) < 4.78 is 17.6. The zero-order valence-corrected chi connectivity index (χ0v) is 7.20. The number of benzene rings is 1. The molecule has 0 aliphatic rings. The molecule has 0 radical (unpaired) electrons. The highest BCUT2D eigenvalue weighted by Gasteiger charge is 2.09. The number of phenols is 1. The summed E-state index contributed by atoms with van der Waals surface area (Å²) in [6.45, 7) is 2.06. The van der Waals surface area contributed by atoms with Crippen LogP contribution < -0.4 is 0 Å². The van der Waals surface area contributed by atoms with Crippen molar-refractivity contribution in [1.82, 2.24) is 0 Å². The van der Waals surface area contributed by atoms with Gasteiger partial charge in [0.05, 0.1) is 0 Å². The molecule has 2 N–H and O–H groups in total. The second-order valence-corrected chi connectivity index (χ2v) is 2.52. The first-order valence-corrected chi connectivity index (χ1v) is 3.93. The van der Waals surface area contributed by atoms with Gasteiger partial charge in [-0.2, -0.15) is 0 Å². The maximum absolute atomic E-state index is 12.8. The number of aliphatic hydroxyl groups is 1. The van der Waals surface area contributed by atoms with Crippen LogP contribution >= 0.6 is 0 Å². The third-order valence-electron chi connectivity index (χ3n) is 1.58. The Bertz CT molecular complexity index is 288. The minimum atomic E-state index is -1.14. The third-order valence-corrected chi connectivity index (χ3v) is 1.58. The number of aromatic hydroxyl groups is 1. The van der Waals surface area contributed by atoms with Gasteiger partial charge in [0, 0.05) is 12.2 Å². The predicted molar refractivity (Wildman–Crippen MR) is 44.7 cm³/mol. The highest BCUT2D eigenvalue weighted by atomic mass is 19.1. The number of halogens is 1. The molecule has 72 valence electrons. The van der Waals surface area contributed by atoms with Crippen LogP contribution in [-0.4, -0.2) is 16.8 Å². The first kappa shape index (κ1) is 9.95. The molecule has 0 saturated carbocycles. The van der Waals surface area contributed by atoms with Crippen molar-refractivity contribution < 1.29 is 19.3 Å². The van der Waals surface area contributed by atoms with Crippen molar-refractivity contribution in [2.24, 2.45) is 0 Å². The van der Waals surface area contributed by atoms with Crippen molar-refractivity contribution in [3.05, 3.63) is 29.6 Å². The molecule has 0 aromatic heterocycles. The molecule has 4 heteroatoms. The minimum absolute atomic E-state index is 0.289. The fourth-order valence-electron chi connectivity index (χ4n) is 0.931. The van der Waals surface area contributed by atoms with Gasteiger partial charge in [0.25, 0.3) is 0 Å². The molecular weight excluding hydrogens is 175 g/mol. The smallest absolute Gasteiger partial charge is 0.181 e. The van der Waals surface area contributed by atoms with Crippen molar-refractivity contribution in [2.75, 3.05) is 6.61 Å². The van der Waals surface area contributed by atoms with E-state index in [1.54, 1.807) is 6.92 Å². The zero-order valence-electron chi connectivity index (χ0n) is 7.20. The number of aliphatic hydroxyl groups excluding tert-OH is 1. The van der Waals surface area contributed by atoms with Crippen LogP contribution in [0.4, 0.5) is 4.39 Å². The van der Waals surface area contributed by atoms with Crippen LogP contribution in [0.2, 0.25) is 0 Å². The molecule has 0 heterocycles. The topological polar surface area (TPSA) is 49.7 Å². The lowest BCUT2D eigenvalue weighted by Crippen LogP contribution is -2.02. The van der Waals surface area contributed by atoms with Crippen LogP contribution in [0.3, 0.4) is 0 Å². The van der Waals surface area contributed by atoms with E-state index in [1.165, 1.54) is 12.1 Å². The molecule has 1 atom stereocenters. The van der Waals surface area contributed by atoms with Crippen molar-refractivity contribution >= 4 is 0 Å². The monoisotopic (exact) mass is 186 g/mol. The van der Waals surface area contributed by atoms with Crippen molar-refractivity contribution in [3.63, 3.8) is 0 Å². The van der Waals surface area contributed by atoms with Gasteiger partial charge in [-0.25, -0.2) is 4.39 Å². The Hall–Kier alpha value is -1.13. The summed E-state index contributed by atoms with van der Waals surface area (Å²) in [5, 5.41) is 18.1. The van der Waals surface area contributed by atoms with Crippen LogP contribution in [0.5, 0.6) is 5.75 Å². The summed E-state index contributed by atoms with van der Waals surface area (Å²) in [5.74, 6) is -1.20. The van der Waals surface area contributed by atoms with E-state index in [-0.39, 0.29) is 5.56 Å². The Morgan fingerprint density at radius 3 is 2.77 bits per heavy atom. The molecule has 0 spiro atoms. The number of hydrogen-bond acceptors (Lipinski definition) is 3. The van der Waals surface area contributed by atoms with E-state index in [9.17, 15) is 9.50 Å². The van der Waals surface area contributed by atoms with Gasteiger partial charge in [-0.15, -0.1) is 0 Å². The summed E-state index contributed by atoms with van der Waals surface area (Å²) in [4.78, 5) is 0. The molecule has 1 aromatic carbocycles. The maximum atomic E-state index is 12.8. The molecule has 13 heavy (non-hydrogen) atoms. The lowest BCUT2D eigenvalue weighted by atomic mass is 10.2. The third kappa shape index (κ3) is 2.40. The molecule has 0 bridgehead atoms. The highest BCUT2D eigenvalue weighted by molar-refractivity contribution is 5.28. The van der Waals surface area contributed by atoms with Gasteiger partial charge in [0.2, 0.25) is 0 Å². The molecule has 0 amide bonds. The number of hydrogen-bond donors (Lipinski definition) is 2. The van der Waals surface area contributed by atoms with Gasteiger partial charge in [0.15, 0.2) is 17.9 Å². The summed E-state index contributed by atoms with van der Waals surface area (Å²) in [6.07, 6.45) is -1.14. The number of ether oxygens (including phenoxy) is 1. The SMILES string of the molecule is CCOC(O)c1ccc(O)c(F)c1. The predicted octanol–water partition coefficient (Wildman–Crippen LogP) is 1.56. The van der Waals surface area contributed by atoms with Gasteiger partial charge in [-0.1, -0.05) is 6.07 Å². The highest BCUT2D eigenvalue weighted by Crippen LogP contribution is 2.21. The van der Waals surface area contributed by atoms with Crippen molar-refractivity contribution in [1.29, 1.82) is 0 Å². The lowest BCUT2D eigenvalue weighted by molar-refractivity contribution is -0.0981. The van der Waals surface area contributed by atoms with Gasteiger partial charge in [-0.3, -0.25) is 0 Å². The minimum Gasteiger partial charge on any atom is -0.505 e. The second-order valence-electron chi connectivity index (χ2n) is 2.52. The average Bonchev–Trinajstić information content (AvgIpc) is 2.10. The van der Waals surface area contributed by atoms with Gasteiger partial charge < -0.3 is 14.9 Å². The molecule has 1 rings (SSSR count). The van der Waals surface area contributed by atoms with E-state index in [4.69, 9.17) is 9.84 Å². The van der Waals surface area contributed by atoms with Gasteiger partial charge in [-0.05, 0) is 19.1 Å². The first-order chi connectivity index (χ1) is 6.15. The normalized spacial score (nSPS) is 12.8. The van der Waals surface area contributed by atoms with E-state index in [1.807, 2.05) is 0 Å². The van der Waals surface area contributed by atoms with Gasteiger partial charge >= 0.3 is 0 Å². The second kappa shape index (κ2) is 4.20. The Labute approximate surface area is 75.4 Å². The molecule has 1 aromatic rings. The maximum Gasteiger partial charge on any atom is 0.181 e. The van der Waals surface area contributed by atoms with Crippen LogP contribution in [0.25, 0.3) is 0 Å². The summed E-state index contributed by atoms with van der Waals surface area (Å²) in [5.41, 5.74) is 0.289. The molecule has 0 aliphatic heterocycles. The van der Waals surface area contributed by atoms with Crippen molar-refractivity contribution in [2.45, 2.75) is 13.2 Å².